The number of rotatable bonds is 2. The summed E-state index contributed by atoms with van der Waals surface area (Å²) in [6.07, 6.45) is 4.45. The summed E-state index contributed by atoms with van der Waals surface area (Å²) in [5.41, 5.74) is 8.49. The minimum atomic E-state index is -0.136. The highest BCUT2D eigenvalue weighted by Crippen LogP contribution is 2.31. The number of nitrogens with two attached hydrogens (primary N) is 1. The molecule has 2 heteroatoms. The van der Waals surface area contributed by atoms with Crippen molar-refractivity contribution in [1.29, 1.82) is 0 Å². The molecule has 3 unspecified atom stereocenters. The fourth-order valence-corrected chi connectivity index (χ4v) is 2.90. The fourth-order valence-electron chi connectivity index (χ4n) is 2.90. The highest BCUT2D eigenvalue weighted by atomic mass is 19.1. The third-order valence-corrected chi connectivity index (χ3v) is 4.10. The molecule has 0 amide bonds. The van der Waals surface area contributed by atoms with E-state index in [9.17, 15) is 4.39 Å². The van der Waals surface area contributed by atoms with Gasteiger partial charge in [0.15, 0.2) is 0 Å². The van der Waals surface area contributed by atoms with Gasteiger partial charge < -0.3 is 5.73 Å². The summed E-state index contributed by atoms with van der Waals surface area (Å²) < 4.78 is 13.2. The summed E-state index contributed by atoms with van der Waals surface area (Å²) in [5, 5.41) is 0. The molecular weight excluding hydrogens is 213 g/mol. The molecule has 0 aliphatic heterocycles. The van der Waals surface area contributed by atoms with Gasteiger partial charge in [0.2, 0.25) is 0 Å². The zero-order chi connectivity index (χ0) is 12.4. The molecule has 0 aromatic heterocycles. The van der Waals surface area contributed by atoms with Gasteiger partial charge in [-0.1, -0.05) is 13.0 Å². The molecule has 17 heavy (non-hydrogen) atoms. The first-order valence-corrected chi connectivity index (χ1v) is 6.57. The summed E-state index contributed by atoms with van der Waals surface area (Å²) in [4.78, 5) is 0. The first kappa shape index (κ1) is 12.6. The van der Waals surface area contributed by atoms with Gasteiger partial charge in [0.05, 0.1) is 0 Å². The van der Waals surface area contributed by atoms with Crippen molar-refractivity contribution in [3.63, 3.8) is 0 Å². The molecule has 1 fully saturated rings. The van der Waals surface area contributed by atoms with Crippen LogP contribution in [0.3, 0.4) is 0 Å². The minimum absolute atomic E-state index is 0.136. The van der Waals surface area contributed by atoms with Gasteiger partial charge in [0.1, 0.15) is 5.82 Å². The van der Waals surface area contributed by atoms with Crippen molar-refractivity contribution in [2.75, 3.05) is 0 Å². The molecule has 0 radical (unpaired) electrons. The molecule has 2 rings (SSSR count). The normalized spacial score (nSPS) is 29.3. The van der Waals surface area contributed by atoms with Crippen LogP contribution in [0, 0.1) is 24.6 Å². The Labute approximate surface area is 103 Å². The van der Waals surface area contributed by atoms with Crippen LogP contribution in [0.2, 0.25) is 0 Å². The second kappa shape index (κ2) is 5.18. The molecule has 1 aromatic rings. The molecule has 1 aliphatic carbocycles. The number of hydrogen-bond acceptors (Lipinski definition) is 1. The summed E-state index contributed by atoms with van der Waals surface area (Å²) in [7, 11) is 0. The van der Waals surface area contributed by atoms with Gasteiger partial charge in [-0.2, -0.15) is 0 Å². The standard InChI is InChI=1S/C15H22FN/c1-10-3-6-15(17)13(7-10)8-12-9-14(16)5-4-11(12)2/h4-5,9-10,13,15H,3,6-8,17H2,1-2H3. The summed E-state index contributed by atoms with van der Waals surface area (Å²) in [6, 6.07) is 5.35. The van der Waals surface area contributed by atoms with Crippen molar-refractivity contribution >= 4 is 0 Å². The summed E-state index contributed by atoms with van der Waals surface area (Å²) in [6.45, 7) is 4.34. The van der Waals surface area contributed by atoms with E-state index in [1.165, 1.54) is 24.5 Å². The lowest BCUT2D eigenvalue weighted by Crippen LogP contribution is -2.36. The van der Waals surface area contributed by atoms with Gasteiger partial charge in [-0.05, 0) is 67.7 Å². The Bertz CT molecular complexity index is 389. The molecule has 0 heterocycles. The minimum Gasteiger partial charge on any atom is -0.327 e. The van der Waals surface area contributed by atoms with E-state index >= 15 is 0 Å². The van der Waals surface area contributed by atoms with Crippen LogP contribution in [0.4, 0.5) is 4.39 Å². The second-order valence-corrected chi connectivity index (χ2v) is 5.62. The summed E-state index contributed by atoms with van der Waals surface area (Å²) >= 11 is 0. The Kier molecular flexibility index (Phi) is 3.82. The van der Waals surface area contributed by atoms with Crippen LogP contribution in [-0.2, 0) is 6.42 Å². The number of hydrogen-bond donors (Lipinski definition) is 1. The van der Waals surface area contributed by atoms with Crippen molar-refractivity contribution < 1.29 is 4.39 Å². The zero-order valence-electron chi connectivity index (χ0n) is 10.7. The van der Waals surface area contributed by atoms with Crippen molar-refractivity contribution in [3.05, 3.63) is 35.1 Å². The smallest absolute Gasteiger partial charge is 0.123 e. The first-order valence-electron chi connectivity index (χ1n) is 6.57. The van der Waals surface area contributed by atoms with Crippen LogP contribution in [0.5, 0.6) is 0 Å². The molecule has 0 spiro atoms. The van der Waals surface area contributed by atoms with E-state index in [1.54, 1.807) is 6.07 Å². The Hall–Kier alpha value is -0.890. The van der Waals surface area contributed by atoms with Gasteiger partial charge in [-0.15, -0.1) is 0 Å². The van der Waals surface area contributed by atoms with Crippen LogP contribution in [0.15, 0.2) is 18.2 Å². The van der Waals surface area contributed by atoms with Gasteiger partial charge >= 0.3 is 0 Å². The molecule has 2 N–H and O–H groups in total. The van der Waals surface area contributed by atoms with Crippen molar-refractivity contribution in [2.45, 2.75) is 45.6 Å². The molecule has 1 aliphatic rings. The predicted molar refractivity (Wildman–Crippen MR) is 69.3 cm³/mol. The van der Waals surface area contributed by atoms with Crippen molar-refractivity contribution in [3.8, 4) is 0 Å². The van der Waals surface area contributed by atoms with Gasteiger partial charge in [0, 0.05) is 6.04 Å². The van der Waals surface area contributed by atoms with E-state index in [1.807, 2.05) is 13.0 Å². The lowest BCUT2D eigenvalue weighted by molar-refractivity contribution is 0.244. The molecule has 0 bridgehead atoms. The summed E-state index contributed by atoms with van der Waals surface area (Å²) in [5.74, 6) is 1.14. The van der Waals surface area contributed by atoms with E-state index in [2.05, 4.69) is 6.92 Å². The molecule has 3 atom stereocenters. The highest BCUT2D eigenvalue weighted by molar-refractivity contribution is 5.27. The van der Waals surface area contributed by atoms with Crippen LogP contribution in [0.1, 0.15) is 37.3 Å². The van der Waals surface area contributed by atoms with E-state index in [4.69, 9.17) is 5.73 Å². The lowest BCUT2D eigenvalue weighted by Gasteiger charge is -2.33. The number of aryl methyl sites for hydroxylation is 1. The predicted octanol–water partition coefficient (Wildman–Crippen LogP) is 3.44. The molecule has 1 aromatic carbocycles. The Morgan fingerprint density at radius 1 is 1.35 bits per heavy atom. The first-order chi connectivity index (χ1) is 8.06. The molecule has 1 nitrogen and oxygen atoms in total. The van der Waals surface area contributed by atoms with Crippen LogP contribution < -0.4 is 5.73 Å². The fraction of sp³-hybridized carbons (Fsp3) is 0.600. The highest BCUT2D eigenvalue weighted by Gasteiger charge is 2.26. The molecule has 0 saturated heterocycles. The largest absolute Gasteiger partial charge is 0.327 e. The molecular formula is C15H22FN. The Balaban J connectivity index is 2.11. The monoisotopic (exact) mass is 235 g/mol. The van der Waals surface area contributed by atoms with E-state index < -0.39 is 0 Å². The maximum Gasteiger partial charge on any atom is 0.123 e. The van der Waals surface area contributed by atoms with Gasteiger partial charge in [0.25, 0.3) is 0 Å². The van der Waals surface area contributed by atoms with E-state index in [0.717, 1.165) is 24.3 Å². The topological polar surface area (TPSA) is 26.0 Å². The van der Waals surface area contributed by atoms with Crippen LogP contribution in [-0.4, -0.2) is 6.04 Å². The third kappa shape index (κ3) is 3.06. The van der Waals surface area contributed by atoms with Crippen molar-refractivity contribution in [2.24, 2.45) is 17.6 Å². The van der Waals surface area contributed by atoms with Gasteiger partial charge in [-0.25, -0.2) is 4.39 Å². The number of halogens is 1. The molecule has 1 saturated carbocycles. The van der Waals surface area contributed by atoms with Gasteiger partial charge in [-0.3, -0.25) is 0 Å². The van der Waals surface area contributed by atoms with Crippen LogP contribution in [0.25, 0.3) is 0 Å². The quantitative estimate of drug-likeness (QED) is 0.835. The maximum absolute atomic E-state index is 13.2. The zero-order valence-corrected chi connectivity index (χ0v) is 10.7. The van der Waals surface area contributed by atoms with E-state index in [-0.39, 0.29) is 11.9 Å². The second-order valence-electron chi connectivity index (χ2n) is 5.62. The number of benzene rings is 1. The maximum atomic E-state index is 13.2. The van der Waals surface area contributed by atoms with Crippen molar-refractivity contribution in [1.82, 2.24) is 0 Å². The lowest BCUT2D eigenvalue weighted by atomic mass is 9.76. The Morgan fingerprint density at radius 3 is 2.88 bits per heavy atom. The van der Waals surface area contributed by atoms with E-state index in [0.29, 0.717) is 5.92 Å². The SMILES string of the molecule is Cc1ccc(F)cc1CC1CC(C)CCC1N. The third-order valence-electron chi connectivity index (χ3n) is 4.10. The average Bonchev–Trinajstić information content (AvgIpc) is 2.28. The van der Waals surface area contributed by atoms with Crippen LogP contribution >= 0.6 is 0 Å². The average molecular weight is 235 g/mol. The molecule has 94 valence electrons. The Morgan fingerprint density at radius 2 is 2.12 bits per heavy atom.